The number of carbonyl (C=O) groups is 1. The molecule has 7 heteroatoms. The van der Waals surface area contributed by atoms with Gasteiger partial charge in [0.1, 0.15) is 18.2 Å². The van der Waals surface area contributed by atoms with E-state index >= 15 is 0 Å². The Balaban J connectivity index is 1.84. The van der Waals surface area contributed by atoms with Crippen LogP contribution in [0, 0.1) is 18.3 Å². The Morgan fingerprint density at radius 1 is 1.19 bits per heavy atom. The van der Waals surface area contributed by atoms with Gasteiger partial charge in [0, 0.05) is 16.3 Å². The fourth-order valence-corrected chi connectivity index (χ4v) is 3.71. The third-order valence-corrected chi connectivity index (χ3v) is 5.61. The molecule has 0 saturated carbocycles. The number of para-hydroxylation sites is 1. The number of nitrogens with zero attached hydrogens (tertiary/aromatic N) is 1. The number of halogens is 2. The van der Waals surface area contributed by atoms with Crippen LogP contribution in [0.15, 0.2) is 70.7 Å². The number of ether oxygens (including phenoxy) is 2. The molecule has 0 atom stereocenters. The third kappa shape index (κ3) is 5.70. The normalized spacial score (nSPS) is 10.9. The van der Waals surface area contributed by atoms with E-state index < -0.39 is 5.91 Å². The molecule has 5 nitrogen and oxygen atoms in total. The molecule has 0 aromatic heterocycles. The molecule has 0 bridgehead atoms. The summed E-state index contributed by atoms with van der Waals surface area (Å²) in [5.74, 6) is 0.456. The molecule has 0 aliphatic heterocycles. The minimum absolute atomic E-state index is 0.0352. The van der Waals surface area contributed by atoms with Gasteiger partial charge in [0.25, 0.3) is 5.91 Å². The number of benzene rings is 3. The van der Waals surface area contributed by atoms with E-state index in [0.717, 1.165) is 11.1 Å². The van der Waals surface area contributed by atoms with Crippen LogP contribution < -0.4 is 14.8 Å². The number of hydrogen-bond acceptors (Lipinski definition) is 4. The van der Waals surface area contributed by atoms with Crippen LogP contribution in [-0.4, -0.2) is 13.0 Å². The first-order valence-electron chi connectivity index (χ1n) is 9.65. The second-order valence-corrected chi connectivity index (χ2v) is 8.11. The van der Waals surface area contributed by atoms with Crippen LogP contribution in [0.5, 0.6) is 11.5 Å². The number of nitrogens with one attached hydrogen (secondary N) is 1. The number of aryl methyl sites for hydroxylation is 1. The molecule has 0 heterocycles. The number of carbonyl (C=O) groups excluding carboxylic acids is 1. The molecular formula is C25H20BrClN2O3. The Labute approximate surface area is 200 Å². The summed E-state index contributed by atoms with van der Waals surface area (Å²) in [5, 5.41) is 12.9. The van der Waals surface area contributed by atoms with Crippen molar-refractivity contribution in [2.24, 2.45) is 0 Å². The molecule has 32 heavy (non-hydrogen) atoms. The minimum atomic E-state index is -0.490. The summed E-state index contributed by atoms with van der Waals surface area (Å²) in [5.41, 5.74) is 2.97. The van der Waals surface area contributed by atoms with Crippen LogP contribution in [0.2, 0.25) is 5.02 Å². The van der Waals surface area contributed by atoms with Gasteiger partial charge in [0.2, 0.25) is 0 Å². The summed E-state index contributed by atoms with van der Waals surface area (Å²) < 4.78 is 12.0. The van der Waals surface area contributed by atoms with Gasteiger partial charge >= 0.3 is 0 Å². The highest BCUT2D eigenvalue weighted by Crippen LogP contribution is 2.38. The zero-order chi connectivity index (χ0) is 23.1. The van der Waals surface area contributed by atoms with E-state index in [2.05, 4.69) is 21.2 Å². The topological polar surface area (TPSA) is 71.3 Å². The highest BCUT2D eigenvalue weighted by atomic mass is 79.9. The quantitative estimate of drug-likeness (QED) is 0.289. The van der Waals surface area contributed by atoms with Crippen molar-refractivity contribution in [3.05, 3.63) is 92.4 Å². The lowest BCUT2D eigenvalue weighted by Gasteiger charge is -2.14. The maximum atomic E-state index is 12.6. The predicted molar refractivity (Wildman–Crippen MR) is 130 cm³/mol. The third-order valence-electron chi connectivity index (χ3n) is 4.65. The van der Waals surface area contributed by atoms with Crippen molar-refractivity contribution in [3.8, 4) is 17.6 Å². The number of hydrogen-bond donors (Lipinski definition) is 1. The molecule has 3 aromatic carbocycles. The fourth-order valence-electron chi connectivity index (χ4n) is 2.95. The first-order valence-corrected chi connectivity index (χ1v) is 10.8. The Morgan fingerprint density at radius 3 is 2.59 bits per heavy atom. The van der Waals surface area contributed by atoms with Gasteiger partial charge in [0.15, 0.2) is 11.5 Å². The number of methoxy groups -OCH3 is 1. The lowest BCUT2D eigenvalue weighted by molar-refractivity contribution is -0.112. The maximum Gasteiger partial charge on any atom is 0.266 e. The summed E-state index contributed by atoms with van der Waals surface area (Å²) in [6, 6.07) is 20.2. The predicted octanol–water partition coefficient (Wildman–Crippen LogP) is 6.54. The smallest absolute Gasteiger partial charge is 0.266 e. The highest BCUT2D eigenvalue weighted by molar-refractivity contribution is 9.10. The van der Waals surface area contributed by atoms with Crippen LogP contribution >= 0.6 is 27.5 Å². The number of amides is 1. The molecule has 0 spiro atoms. The summed E-state index contributed by atoms with van der Waals surface area (Å²) in [4.78, 5) is 12.6. The minimum Gasteiger partial charge on any atom is -0.493 e. The second kappa shape index (κ2) is 10.9. The van der Waals surface area contributed by atoms with E-state index in [4.69, 9.17) is 21.1 Å². The van der Waals surface area contributed by atoms with Crippen molar-refractivity contribution >= 4 is 45.2 Å². The van der Waals surface area contributed by atoms with E-state index in [1.54, 1.807) is 24.3 Å². The molecule has 1 amide bonds. The first kappa shape index (κ1) is 23.4. The van der Waals surface area contributed by atoms with Crippen LogP contribution in [0.4, 0.5) is 5.69 Å². The molecule has 0 saturated heterocycles. The van der Waals surface area contributed by atoms with Crippen LogP contribution in [0.3, 0.4) is 0 Å². The number of nitriles is 1. The van der Waals surface area contributed by atoms with E-state index in [1.807, 2.05) is 49.4 Å². The number of rotatable bonds is 7. The summed E-state index contributed by atoms with van der Waals surface area (Å²) >= 11 is 9.69. The molecule has 0 radical (unpaired) electrons. The molecular weight excluding hydrogens is 492 g/mol. The fraction of sp³-hybridized carbons (Fsp3) is 0.120. The molecule has 0 aliphatic carbocycles. The van der Waals surface area contributed by atoms with Gasteiger partial charge in [-0.05, 0) is 64.3 Å². The Bertz CT molecular complexity index is 1220. The lowest BCUT2D eigenvalue weighted by Crippen LogP contribution is -2.14. The lowest BCUT2D eigenvalue weighted by atomic mass is 10.1. The van der Waals surface area contributed by atoms with Crippen molar-refractivity contribution in [2.75, 3.05) is 12.4 Å². The van der Waals surface area contributed by atoms with Gasteiger partial charge in [0.05, 0.1) is 11.6 Å². The molecule has 0 aliphatic rings. The first-order chi connectivity index (χ1) is 15.4. The molecule has 0 unspecified atom stereocenters. The Morgan fingerprint density at radius 2 is 1.91 bits per heavy atom. The van der Waals surface area contributed by atoms with Gasteiger partial charge in [-0.3, -0.25) is 4.79 Å². The van der Waals surface area contributed by atoms with E-state index in [0.29, 0.717) is 32.2 Å². The standard InChI is InChI=1S/C25H20BrClN2O3/c1-16-7-3-6-10-22(16)29-25(30)19(14-28)11-17-12-20(26)24(23(13-17)31-2)32-15-18-8-4-5-9-21(18)27/h3-13H,15H2,1-2H3,(H,29,30)/b19-11-. The van der Waals surface area contributed by atoms with E-state index in [1.165, 1.54) is 13.2 Å². The van der Waals surface area contributed by atoms with Gasteiger partial charge in [-0.25, -0.2) is 0 Å². The van der Waals surface area contributed by atoms with Crippen LogP contribution in [-0.2, 0) is 11.4 Å². The van der Waals surface area contributed by atoms with Crippen LogP contribution in [0.25, 0.3) is 6.08 Å². The molecule has 3 rings (SSSR count). The van der Waals surface area contributed by atoms with Crippen molar-refractivity contribution in [1.82, 2.24) is 0 Å². The molecule has 162 valence electrons. The van der Waals surface area contributed by atoms with Crippen molar-refractivity contribution in [3.63, 3.8) is 0 Å². The van der Waals surface area contributed by atoms with Gasteiger partial charge in [-0.2, -0.15) is 5.26 Å². The summed E-state index contributed by atoms with van der Waals surface area (Å²) in [6.45, 7) is 2.14. The SMILES string of the molecule is COc1cc(/C=C(/C#N)C(=O)Nc2ccccc2C)cc(Br)c1OCc1ccccc1Cl. The summed E-state index contributed by atoms with van der Waals surface area (Å²) in [6.07, 6.45) is 1.50. The Hall–Kier alpha value is -3.27. The van der Waals surface area contributed by atoms with Crippen molar-refractivity contribution in [2.45, 2.75) is 13.5 Å². The van der Waals surface area contributed by atoms with Crippen molar-refractivity contribution < 1.29 is 14.3 Å². The van der Waals surface area contributed by atoms with Gasteiger partial charge in [-0.15, -0.1) is 0 Å². The van der Waals surface area contributed by atoms with Crippen LogP contribution in [0.1, 0.15) is 16.7 Å². The molecule has 3 aromatic rings. The van der Waals surface area contributed by atoms with E-state index in [9.17, 15) is 10.1 Å². The maximum absolute atomic E-state index is 12.6. The largest absolute Gasteiger partial charge is 0.493 e. The average molecular weight is 512 g/mol. The number of anilines is 1. The van der Waals surface area contributed by atoms with Gasteiger partial charge < -0.3 is 14.8 Å². The molecule has 1 N–H and O–H groups in total. The zero-order valence-corrected chi connectivity index (χ0v) is 19.8. The Kier molecular flexibility index (Phi) is 7.93. The summed E-state index contributed by atoms with van der Waals surface area (Å²) in [7, 11) is 1.52. The second-order valence-electron chi connectivity index (χ2n) is 6.85. The molecule has 0 fully saturated rings. The average Bonchev–Trinajstić information content (AvgIpc) is 2.78. The van der Waals surface area contributed by atoms with Crippen molar-refractivity contribution in [1.29, 1.82) is 5.26 Å². The van der Waals surface area contributed by atoms with E-state index in [-0.39, 0.29) is 12.2 Å². The zero-order valence-electron chi connectivity index (χ0n) is 17.5. The monoisotopic (exact) mass is 510 g/mol. The highest BCUT2D eigenvalue weighted by Gasteiger charge is 2.15. The van der Waals surface area contributed by atoms with Gasteiger partial charge in [-0.1, -0.05) is 48.0 Å².